The van der Waals surface area contributed by atoms with Gasteiger partial charge in [0.2, 0.25) is 5.91 Å². The smallest absolute Gasteiger partial charge is 0.234 e. The lowest BCUT2D eigenvalue weighted by Gasteiger charge is -2.10. The number of hydrogen-bond acceptors (Lipinski definition) is 5. The number of carbonyl (C=O) groups excluding carboxylic acids is 1. The fourth-order valence-electron chi connectivity index (χ4n) is 2.49. The summed E-state index contributed by atoms with van der Waals surface area (Å²) in [7, 11) is 0. The van der Waals surface area contributed by atoms with Crippen molar-refractivity contribution in [3.05, 3.63) is 75.0 Å². The van der Waals surface area contributed by atoms with E-state index in [9.17, 15) is 4.79 Å². The molecule has 11 heteroatoms. The number of anilines is 1. The topological polar surface area (TPSA) is 69.0 Å². The summed E-state index contributed by atoms with van der Waals surface area (Å²) < 4.78 is 7.55. The Morgan fingerprint density at radius 3 is 2.48 bits per heavy atom. The molecule has 3 rings (SSSR count). The molecule has 0 saturated carbocycles. The molecular formula is C20H16Cl4N4O2S. The summed E-state index contributed by atoms with van der Waals surface area (Å²) in [5, 5.41) is 13.4. The summed E-state index contributed by atoms with van der Waals surface area (Å²) in [6.07, 6.45) is 1.71. The number of carbonyl (C=O) groups is 1. The highest BCUT2D eigenvalue weighted by Crippen LogP contribution is 2.29. The summed E-state index contributed by atoms with van der Waals surface area (Å²) in [5.74, 6) is 0.910. The highest BCUT2D eigenvalue weighted by molar-refractivity contribution is 7.99. The van der Waals surface area contributed by atoms with Gasteiger partial charge < -0.3 is 10.1 Å². The molecule has 0 radical (unpaired) electrons. The van der Waals surface area contributed by atoms with Crippen LogP contribution in [0.3, 0.4) is 0 Å². The molecule has 1 aromatic heterocycles. The zero-order valence-corrected chi connectivity index (χ0v) is 19.8. The van der Waals surface area contributed by atoms with E-state index in [-0.39, 0.29) is 18.3 Å². The molecule has 162 valence electrons. The van der Waals surface area contributed by atoms with Gasteiger partial charge in [0.05, 0.1) is 21.5 Å². The zero-order chi connectivity index (χ0) is 22.4. The van der Waals surface area contributed by atoms with Gasteiger partial charge in [-0.2, -0.15) is 0 Å². The van der Waals surface area contributed by atoms with Gasteiger partial charge in [-0.15, -0.1) is 16.8 Å². The number of benzene rings is 2. The first-order valence-corrected chi connectivity index (χ1v) is 11.4. The van der Waals surface area contributed by atoms with E-state index in [4.69, 9.17) is 51.1 Å². The molecule has 0 aliphatic rings. The second kappa shape index (κ2) is 11.1. The Kier molecular flexibility index (Phi) is 8.51. The number of nitrogens with one attached hydrogen (secondary N) is 1. The minimum atomic E-state index is -0.242. The van der Waals surface area contributed by atoms with Crippen LogP contribution < -0.4 is 10.1 Å². The van der Waals surface area contributed by atoms with Gasteiger partial charge in [0, 0.05) is 16.6 Å². The Morgan fingerprint density at radius 2 is 1.81 bits per heavy atom. The van der Waals surface area contributed by atoms with Gasteiger partial charge in [0.25, 0.3) is 0 Å². The van der Waals surface area contributed by atoms with Crippen LogP contribution in [-0.4, -0.2) is 26.4 Å². The van der Waals surface area contributed by atoms with Crippen LogP contribution in [0.4, 0.5) is 5.69 Å². The molecule has 2 aromatic carbocycles. The molecule has 1 N–H and O–H groups in total. The standard InChI is InChI=1S/C20H16Cl4N4O2S/c1-2-7-28-18(10-30-17-6-4-13(22)9-15(17)24)26-27-20(28)31-11-19(29)25-16-5-3-12(21)8-14(16)23/h2-6,8-9H,1,7,10-11H2,(H,25,29). The molecule has 0 saturated heterocycles. The summed E-state index contributed by atoms with van der Waals surface area (Å²) in [4.78, 5) is 12.3. The van der Waals surface area contributed by atoms with Crippen LogP contribution >= 0.6 is 58.2 Å². The van der Waals surface area contributed by atoms with Crippen LogP contribution in [0, 0.1) is 0 Å². The molecule has 0 fully saturated rings. The van der Waals surface area contributed by atoms with Crippen molar-refractivity contribution in [2.45, 2.75) is 18.3 Å². The molecule has 0 spiro atoms. The number of rotatable bonds is 9. The number of aromatic nitrogens is 3. The molecular weight excluding hydrogens is 502 g/mol. The van der Waals surface area contributed by atoms with Crippen molar-refractivity contribution in [1.29, 1.82) is 0 Å². The van der Waals surface area contributed by atoms with Gasteiger partial charge in [-0.05, 0) is 36.4 Å². The number of ether oxygens (including phenoxy) is 1. The minimum Gasteiger partial charge on any atom is -0.484 e. The zero-order valence-electron chi connectivity index (χ0n) is 15.9. The first-order chi connectivity index (χ1) is 14.9. The maximum absolute atomic E-state index is 12.3. The van der Waals surface area contributed by atoms with Crippen LogP contribution in [-0.2, 0) is 17.9 Å². The van der Waals surface area contributed by atoms with E-state index in [1.54, 1.807) is 42.5 Å². The first-order valence-electron chi connectivity index (χ1n) is 8.86. The second-order valence-corrected chi connectivity index (χ2v) is 8.75. The number of amides is 1. The Labute approximate surface area is 203 Å². The fraction of sp³-hybridized carbons (Fsp3) is 0.150. The average Bonchev–Trinajstić information content (AvgIpc) is 3.10. The lowest BCUT2D eigenvalue weighted by atomic mass is 10.3. The number of nitrogens with zero attached hydrogens (tertiary/aromatic N) is 3. The molecule has 1 heterocycles. The van der Waals surface area contributed by atoms with E-state index < -0.39 is 0 Å². The van der Waals surface area contributed by atoms with Crippen LogP contribution in [0.25, 0.3) is 0 Å². The lowest BCUT2D eigenvalue weighted by molar-refractivity contribution is -0.113. The largest absolute Gasteiger partial charge is 0.484 e. The van der Waals surface area contributed by atoms with Crippen molar-refractivity contribution < 1.29 is 9.53 Å². The highest BCUT2D eigenvalue weighted by Gasteiger charge is 2.15. The predicted molar refractivity (Wildman–Crippen MR) is 127 cm³/mol. The van der Waals surface area contributed by atoms with Crippen LogP contribution in [0.5, 0.6) is 5.75 Å². The van der Waals surface area contributed by atoms with Crippen LogP contribution in [0.15, 0.2) is 54.2 Å². The third-order valence-electron chi connectivity index (χ3n) is 3.89. The molecule has 6 nitrogen and oxygen atoms in total. The Bertz CT molecular complexity index is 1110. The van der Waals surface area contributed by atoms with Gasteiger partial charge in [0.15, 0.2) is 11.0 Å². The third kappa shape index (κ3) is 6.54. The van der Waals surface area contributed by atoms with Crippen LogP contribution in [0.2, 0.25) is 20.1 Å². The molecule has 0 aliphatic carbocycles. The van der Waals surface area contributed by atoms with E-state index in [0.717, 1.165) is 0 Å². The Balaban J connectivity index is 1.64. The maximum atomic E-state index is 12.3. The Hall–Kier alpha value is -1.90. The van der Waals surface area contributed by atoms with E-state index in [1.807, 2.05) is 4.57 Å². The van der Waals surface area contributed by atoms with Crippen LogP contribution in [0.1, 0.15) is 5.82 Å². The minimum absolute atomic E-state index is 0.109. The van der Waals surface area contributed by atoms with E-state index in [2.05, 4.69) is 22.1 Å². The summed E-state index contributed by atoms with van der Waals surface area (Å²) >= 11 is 25.2. The molecule has 1 amide bonds. The quantitative estimate of drug-likeness (QED) is 0.263. The van der Waals surface area contributed by atoms with Crippen molar-refractivity contribution in [3.8, 4) is 5.75 Å². The summed E-state index contributed by atoms with van der Waals surface area (Å²) in [6, 6.07) is 9.82. The average molecular weight is 518 g/mol. The number of thioether (sulfide) groups is 1. The molecule has 31 heavy (non-hydrogen) atoms. The molecule has 0 atom stereocenters. The number of halogens is 4. The number of allylic oxidation sites excluding steroid dienone is 1. The Morgan fingerprint density at radius 1 is 1.10 bits per heavy atom. The van der Waals surface area contributed by atoms with Gasteiger partial charge in [0.1, 0.15) is 12.4 Å². The van der Waals surface area contributed by atoms with E-state index >= 15 is 0 Å². The van der Waals surface area contributed by atoms with Gasteiger partial charge in [-0.25, -0.2) is 0 Å². The highest BCUT2D eigenvalue weighted by atomic mass is 35.5. The maximum Gasteiger partial charge on any atom is 0.234 e. The fourth-order valence-corrected chi connectivity index (χ4v) is 4.17. The predicted octanol–water partition coefficient (Wildman–Crippen LogP) is 6.39. The van der Waals surface area contributed by atoms with E-state index in [0.29, 0.717) is 49.1 Å². The third-order valence-corrected chi connectivity index (χ3v) is 5.94. The van der Waals surface area contributed by atoms with Crippen molar-refractivity contribution in [1.82, 2.24) is 14.8 Å². The number of hydrogen-bond donors (Lipinski definition) is 1. The molecule has 0 aliphatic heterocycles. The SMILES string of the molecule is C=CCn1c(COc2ccc(Cl)cc2Cl)nnc1SCC(=O)Nc1ccc(Cl)cc1Cl. The molecule has 3 aromatic rings. The van der Waals surface area contributed by atoms with Crippen molar-refractivity contribution in [3.63, 3.8) is 0 Å². The van der Waals surface area contributed by atoms with Crippen molar-refractivity contribution in [2.24, 2.45) is 0 Å². The van der Waals surface area contributed by atoms with Gasteiger partial charge in [-0.1, -0.05) is 64.2 Å². The molecule has 0 unspecified atom stereocenters. The first kappa shape index (κ1) is 23.8. The summed E-state index contributed by atoms with van der Waals surface area (Å²) in [6.45, 7) is 4.35. The van der Waals surface area contributed by atoms with E-state index in [1.165, 1.54) is 11.8 Å². The normalized spacial score (nSPS) is 10.7. The van der Waals surface area contributed by atoms with Crippen molar-refractivity contribution in [2.75, 3.05) is 11.1 Å². The van der Waals surface area contributed by atoms with Gasteiger partial charge >= 0.3 is 0 Å². The van der Waals surface area contributed by atoms with Crippen molar-refractivity contribution >= 4 is 69.8 Å². The monoisotopic (exact) mass is 516 g/mol. The van der Waals surface area contributed by atoms with Gasteiger partial charge in [-0.3, -0.25) is 9.36 Å². The second-order valence-electron chi connectivity index (χ2n) is 6.12. The molecule has 0 bridgehead atoms. The summed E-state index contributed by atoms with van der Waals surface area (Å²) in [5.41, 5.74) is 0.484. The lowest BCUT2D eigenvalue weighted by Crippen LogP contribution is -2.15.